The first-order chi connectivity index (χ1) is 33.1. The average molecular weight is 990 g/mol. The number of rotatable bonds is 9. The van der Waals surface area contributed by atoms with Crippen molar-refractivity contribution in [2.75, 3.05) is 34.5 Å². The van der Waals surface area contributed by atoms with Gasteiger partial charge in [0, 0.05) is 64.5 Å². The number of oxime groups is 1. The fraction of sp³-hybridized carbons (Fsp3) is 0.750. The molecule has 3 fully saturated rings. The molecule has 1 amide bonds. The van der Waals surface area contributed by atoms with E-state index >= 15 is 0 Å². The van der Waals surface area contributed by atoms with Gasteiger partial charge in [0.1, 0.15) is 24.4 Å². The first kappa shape index (κ1) is 58.7. The number of cyclic esters (lactones) is 1. The molecule has 1 aliphatic carbocycles. The molecule has 2 saturated heterocycles. The maximum absolute atomic E-state index is 14.4. The standard InChI is InChI=1S/C52H83N3O15/c1-30-15-11-10-12-16-31(2)42(65-7)27-37-20-18-35(6)52(64,70-37)49(61)50(62)55-22-14-13-17-39(55)51(63)69-43(38(53)25-36-19-21-40(56)44(26-36)66-8)28-41(57)32(3)24-34(5)47(60)48(67-9)46(33(4)23-30)54-68-29-45(58)59/h10-12,15-16,24,30,32-33,35-44,47-48,56-57,60,64H,13-14,17-23,25-29,53H2,1-9H3,(H,58,59)/b12-10+,15-11+,31-16+,34-24+,54-46-/t30-,32-,33-,35-,36+,37+,38-,39+,40-,41-,42+,43+,44-,47-,48+,52-/m1/s1. The number of carbonyl (C=O) groups is 4. The van der Waals surface area contributed by atoms with Crippen molar-refractivity contribution in [3.05, 3.63) is 47.6 Å². The summed E-state index contributed by atoms with van der Waals surface area (Å²) in [6.07, 6.45) is 9.27. The minimum atomic E-state index is -2.46. The minimum absolute atomic E-state index is 0.00500. The minimum Gasteiger partial charge on any atom is -0.479 e. The molecular formula is C52H83N3O15. The summed E-state index contributed by atoms with van der Waals surface area (Å²) in [5.41, 5.74) is 8.46. The highest BCUT2D eigenvalue weighted by Crippen LogP contribution is 2.37. The van der Waals surface area contributed by atoms with Crippen LogP contribution in [0.4, 0.5) is 0 Å². The van der Waals surface area contributed by atoms with Crippen LogP contribution in [-0.2, 0) is 47.7 Å². The lowest BCUT2D eigenvalue weighted by molar-refractivity contribution is -0.265. The van der Waals surface area contributed by atoms with E-state index in [2.05, 4.69) is 5.16 Å². The number of hydrogen-bond donors (Lipinski definition) is 6. The van der Waals surface area contributed by atoms with Crippen LogP contribution in [0.1, 0.15) is 119 Å². The van der Waals surface area contributed by atoms with Crippen molar-refractivity contribution in [3.8, 4) is 0 Å². The van der Waals surface area contributed by atoms with E-state index in [1.54, 1.807) is 34.0 Å². The lowest BCUT2D eigenvalue weighted by Crippen LogP contribution is -2.61. The van der Waals surface area contributed by atoms with Gasteiger partial charge >= 0.3 is 11.9 Å². The molecule has 0 aromatic rings. The van der Waals surface area contributed by atoms with E-state index in [1.165, 1.54) is 14.2 Å². The second-order valence-electron chi connectivity index (χ2n) is 20.3. The van der Waals surface area contributed by atoms with E-state index in [4.69, 9.17) is 34.3 Å². The number of aliphatic carboxylic acids is 1. The van der Waals surface area contributed by atoms with Gasteiger partial charge < -0.3 is 64.7 Å². The highest BCUT2D eigenvalue weighted by Gasteiger charge is 2.53. The first-order valence-electron chi connectivity index (χ1n) is 25.1. The number of carboxylic acids is 1. The third kappa shape index (κ3) is 16.1. The van der Waals surface area contributed by atoms with Crippen LogP contribution in [0.25, 0.3) is 0 Å². The summed E-state index contributed by atoms with van der Waals surface area (Å²) in [5, 5.41) is 59.6. The van der Waals surface area contributed by atoms with Crippen molar-refractivity contribution in [1.29, 1.82) is 0 Å². The zero-order valence-corrected chi connectivity index (χ0v) is 42.8. The summed E-state index contributed by atoms with van der Waals surface area (Å²) in [4.78, 5) is 60.7. The first-order valence-corrected chi connectivity index (χ1v) is 25.1. The Morgan fingerprint density at radius 1 is 0.886 bits per heavy atom. The third-order valence-electron chi connectivity index (χ3n) is 14.8. The molecule has 16 atom stereocenters. The van der Waals surface area contributed by atoms with Crippen LogP contribution in [0.3, 0.4) is 0 Å². The van der Waals surface area contributed by atoms with Crippen molar-refractivity contribution in [2.45, 2.75) is 185 Å². The van der Waals surface area contributed by atoms with Crippen LogP contribution in [-0.4, -0.2) is 161 Å². The molecule has 2 bridgehead atoms. The Hall–Kier alpha value is -3.85. The molecule has 7 N–H and O–H groups in total. The number of esters is 1. The molecule has 3 heterocycles. The Morgan fingerprint density at radius 2 is 1.61 bits per heavy atom. The summed E-state index contributed by atoms with van der Waals surface area (Å²) in [6.45, 7) is 10.2. The van der Waals surface area contributed by atoms with Crippen LogP contribution >= 0.6 is 0 Å². The topological polar surface area (TPSA) is 266 Å². The highest BCUT2D eigenvalue weighted by atomic mass is 16.6. The Balaban J connectivity index is 1.75. The summed E-state index contributed by atoms with van der Waals surface area (Å²) >= 11 is 0. The van der Waals surface area contributed by atoms with Gasteiger partial charge in [-0.25, -0.2) is 9.59 Å². The number of allylic oxidation sites excluding steroid dienone is 5. The molecule has 18 heteroatoms. The lowest BCUT2D eigenvalue weighted by atomic mass is 9.80. The molecule has 396 valence electrons. The molecular weight excluding hydrogens is 907 g/mol. The van der Waals surface area contributed by atoms with Crippen LogP contribution in [0, 0.1) is 29.6 Å². The summed E-state index contributed by atoms with van der Waals surface area (Å²) in [6, 6.07) is -2.00. The molecule has 0 radical (unpaired) electrons. The highest BCUT2D eigenvalue weighted by molar-refractivity contribution is 6.39. The second-order valence-corrected chi connectivity index (χ2v) is 20.3. The number of nitrogens with two attached hydrogens (primary N) is 1. The second kappa shape index (κ2) is 27.8. The zero-order chi connectivity index (χ0) is 51.9. The zero-order valence-electron chi connectivity index (χ0n) is 42.8. The Morgan fingerprint density at radius 3 is 2.29 bits per heavy atom. The molecule has 0 unspecified atom stereocenters. The lowest BCUT2D eigenvalue weighted by Gasteiger charge is -2.42. The van der Waals surface area contributed by atoms with E-state index in [-0.39, 0.29) is 42.9 Å². The van der Waals surface area contributed by atoms with E-state index < -0.39 is 109 Å². The fourth-order valence-electron chi connectivity index (χ4n) is 10.4. The molecule has 0 spiro atoms. The largest absolute Gasteiger partial charge is 0.479 e. The number of aliphatic hydroxyl groups is 4. The smallest absolute Gasteiger partial charge is 0.344 e. The molecule has 4 rings (SSSR count). The van der Waals surface area contributed by atoms with Crippen LogP contribution < -0.4 is 5.73 Å². The van der Waals surface area contributed by atoms with Crippen molar-refractivity contribution >= 4 is 29.3 Å². The number of hydrogen-bond acceptors (Lipinski definition) is 16. The number of ketones is 1. The summed E-state index contributed by atoms with van der Waals surface area (Å²) < 4.78 is 29.6. The molecule has 0 aromatic heterocycles. The number of ether oxygens (including phenoxy) is 5. The number of nitrogens with zero attached hydrogens (tertiary/aromatic N) is 2. The van der Waals surface area contributed by atoms with Crippen molar-refractivity contribution in [3.63, 3.8) is 0 Å². The van der Waals surface area contributed by atoms with Crippen LogP contribution in [0.2, 0.25) is 0 Å². The third-order valence-corrected chi connectivity index (χ3v) is 14.8. The van der Waals surface area contributed by atoms with E-state index in [1.807, 2.05) is 51.2 Å². The molecule has 70 heavy (non-hydrogen) atoms. The summed E-state index contributed by atoms with van der Waals surface area (Å²) in [7, 11) is 4.50. The van der Waals surface area contributed by atoms with Gasteiger partial charge in [-0.15, -0.1) is 0 Å². The Bertz CT molecular complexity index is 1890. The number of piperidine rings is 1. The van der Waals surface area contributed by atoms with Crippen molar-refractivity contribution < 1.29 is 73.2 Å². The molecule has 0 aromatic carbocycles. The maximum atomic E-state index is 14.4. The number of Topliss-reactive ketones (excluding diaryl/α,β-unsaturated/α-hetero) is 1. The summed E-state index contributed by atoms with van der Waals surface area (Å²) in [5.74, 6) is -8.46. The van der Waals surface area contributed by atoms with Gasteiger partial charge in [0.15, 0.2) is 0 Å². The van der Waals surface area contributed by atoms with Gasteiger partial charge in [0.2, 0.25) is 12.4 Å². The number of fused-ring (bicyclic) bond motifs is 3. The number of aliphatic hydroxyl groups excluding tert-OH is 3. The predicted molar refractivity (Wildman–Crippen MR) is 261 cm³/mol. The van der Waals surface area contributed by atoms with Crippen molar-refractivity contribution in [2.24, 2.45) is 40.5 Å². The van der Waals surface area contributed by atoms with E-state index in [0.29, 0.717) is 69.8 Å². The number of carboxylic acid groups (broad SMARTS) is 1. The molecule has 4 aliphatic rings. The normalized spacial score (nSPS) is 39.9. The van der Waals surface area contributed by atoms with Gasteiger partial charge in [0.25, 0.3) is 11.7 Å². The van der Waals surface area contributed by atoms with Gasteiger partial charge in [-0.1, -0.05) is 69.3 Å². The van der Waals surface area contributed by atoms with Crippen molar-refractivity contribution in [1.82, 2.24) is 4.90 Å². The quantitative estimate of drug-likeness (QED) is 0.0801. The Labute approximate surface area is 414 Å². The van der Waals surface area contributed by atoms with Crippen LogP contribution in [0.15, 0.2) is 52.8 Å². The van der Waals surface area contributed by atoms with Gasteiger partial charge in [-0.3, -0.25) is 9.59 Å². The maximum Gasteiger partial charge on any atom is 0.344 e. The van der Waals surface area contributed by atoms with E-state index in [9.17, 15) is 44.7 Å². The number of methoxy groups -OCH3 is 3. The SMILES string of the molecule is CO[C@H]1C[C@@H]2CC[C@@H](C)[C@@](O)(O2)C(=O)C(=O)N2CCCC[C@H]2C(=O)O[C@H]([C@H](N)C[C@@H]2CC[C@@H](O)[C@H](OC)C2)C[C@@H](O)[C@H](C)/C=C(\C)[C@@H](O)[C@@H](OC)/C(=N\OCC(=O)O)[C@H](C)C[C@H](C)/C=C/C=C/C=C/1C. The monoisotopic (exact) mass is 990 g/mol. The van der Waals surface area contributed by atoms with Gasteiger partial charge in [-0.2, -0.15) is 0 Å². The van der Waals surface area contributed by atoms with E-state index in [0.717, 1.165) is 10.5 Å². The Kier molecular flexibility index (Phi) is 23.3. The molecule has 3 aliphatic heterocycles. The van der Waals surface area contributed by atoms with Gasteiger partial charge in [0.05, 0.1) is 36.2 Å². The number of carbonyl (C=O) groups excluding carboxylic acids is 3. The molecule has 18 nitrogen and oxygen atoms in total. The van der Waals surface area contributed by atoms with Crippen LogP contribution in [0.5, 0.6) is 0 Å². The fourth-order valence-corrected chi connectivity index (χ4v) is 10.4. The number of amides is 1. The average Bonchev–Trinajstić information content (AvgIpc) is 3.32. The predicted octanol–water partition coefficient (Wildman–Crippen LogP) is 4.55. The molecule has 1 saturated carbocycles. The van der Waals surface area contributed by atoms with Gasteiger partial charge in [-0.05, 0) is 101 Å².